The lowest BCUT2D eigenvalue weighted by Gasteiger charge is -2.13. The average Bonchev–Trinajstić information content (AvgIpc) is 2.47. The van der Waals surface area contributed by atoms with E-state index in [1.807, 2.05) is 43.3 Å². The predicted octanol–water partition coefficient (Wildman–Crippen LogP) is 3.27. The first-order valence-corrected chi connectivity index (χ1v) is 6.83. The number of benzene rings is 2. The van der Waals surface area contributed by atoms with Gasteiger partial charge in [0.15, 0.2) is 10.9 Å². The molecule has 0 atom stereocenters. The van der Waals surface area contributed by atoms with E-state index in [2.05, 4.69) is 5.10 Å². The number of fused-ring (bicyclic) bond motifs is 1. The Morgan fingerprint density at radius 1 is 1.14 bits per heavy atom. The van der Waals surface area contributed by atoms with Crippen LogP contribution in [0.15, 0.2) is 41.2 Å². The van der Waals surface area contributed by atoms with Crippen LogP contribution < -0.4 is 5.56 Å². The van der Waals surface area contributed by atoms with Crippen molar-refractivity contribution < 1.29 is 5.11 Å². The van der Waals surface area contributed by atoms with Crippen LogP contribution in [0.1, 0.15) is 5.56 Å². The second-order valence-electron chi connectivity index (χ2n) is 4.92. The summed E-state index contributed by atoms with van der Waals surface area (Å²) in [6.45, 7) is 1.90. The van der Waals surface area contributed by atoms with E-state index in [1.165, 1.54) is 7.05 Å². The molecule has 0 unspecified atom stereocenters. The van der Waals surface area contributed by atoms with Gasteiger partial charge >= 0.3 is 0 Å². The van der Waals surface area contributed by atoms with E-state index in [4.69, 9.17) is 11.6 Å². The number of nitrogens with zero attached hydrogens (tertiary/aromatic N) is 2. The molecule has 0 aliphatic heterocycles. The van der Waals surface area contributed by atoms with Gasteiger partial charge in [0, 0.05) is 12.6 Å². The second-order valence-corrected chi connectivity index (χ2v) is 5.28. The van der Waals surface area contributed by atoms with Crippen molar-refractivity contribution >= 4 is 22.4 Å². The third kappa shape index (κ3) is 2.08. The van der Waals surface area contributed by atoms with Gasteiger partial charge in [0.2, 0.25) is 0 Å². The van der Waals surface area contributed by atoms with Crippen molar-refractivity contribution in [3.05, 3.63) is 57.5 Å². The molecule has 0 aliphatic rings. The first-order chi connectivity index (χ1) is 10.0. The van der Waals surface area contributed by atoms with Crippen LogP contribution in [0, 0.1) is 6.92 Å². The first-order valence-electron chi connectivity index (χ1n) is 6.45. The molecule has 5 heteroatoms. The fourth-order valence-corrected chi connectivity index (χ4v) is 2.74. The summed E-state index contributed by atoms with van der Waals surface area (Å²) in [5, 5.41) is 15.8. The number of halogens is 1. The van der Waals surface area contributed by atoms with Gasteiger partial charge in [0.1, 0.15) is 0 Å². The molecule has 1 N–H and O–H groups in total. The van der Waals surface area contributed by atoms with Gasteiger partial charge in [0.05, 0.1) is 5.56 Å². The smallest absolute Gasteiger partial charge is 0.278 e. The lowest BCUT2D eigenvalue weighted by molar-refractivity contribution is 0.467. The van der Waals surface area contributed by atoms with Gasteiger partial charge < -0.3 is 5.11 Å². The molecular weight excluding hydrogens is 288 g/mol. The molecule has 0 amide bonds. The highest BCUT2D eigenvalue weighted by molar-refractivity contribution is 6.31. The SMILES string of the molecule is Cc1ccc2ccccc2c1-c1c(O)c(Cl)nn(C)c1=O. The molecule has 21 heavy (non-hydrogen) atoms. The minimum atomic E-state index is -0.378. The summed E-state index contributed by atoms with van der Waals surface area (Å²) in [6.07, 6.45) is 0. The van der Waals surface area contributed by atoms with Gasteiger partial charge in [-0.15, -0.1) is 0 Å². The number of aromatic hydroxyl groups is 1. The Morgan fingerprint density at radius 3 is 2.62 bits per heavy atom. The lowest BCUT2D eigenvalue weighted by atomic mass is 9.94. The topological polar surface area (TPSA) is 55.1 Å². The maximum absolute atomic E-state index is 12.4. The minimum Gasteiger partial charge on any atom is -0.504 e. The maximum atomic E-state index is 12.4. The van der Waals surface area contributed by atoms with Crippen LogP contribution in [0.5, 0.6) is 5.75 Å². The normalized spacial score (nSPS) is 11.0. The number of aromatic nitrogens is 2. The van der Waals surface area contributed by atoms with Crippen LogP contribution in [0.2, 0.25) is 5.15 Å². The highest BCUT2D eigenvalue weighted by atomic mass is 35.5. The third-order valence-corrected chi connectivity index (χ3v) is 3.82. The molecule has 106 valence electrons. The molecule has 2 aromatic carbocycles. The summed E-state index contributed by atoms with van der Waals surface area (Å²) < 4.78 is 1.14. The van der Waals surface area contributed by atoms with Gasteiger partial charge in [-0.05, 0) is 23.3 Å². The number of rotatable bonds is 1. The van der Waals surface area contributed by atoms with Crippen LogP contribution >= 0.6 is 11.6 Å². The number of aryl methyl sites for hydroxylation is 2. The van der Waals surface area contributed by atoms with E-state index in [9.17, 15) is 9.90 Å². The molecule has 0 saturated carbocycles. The molecule has 3 rings (SSSR count). The average molecular weight is 301 g/mol. The van der Waals surface area contributed by atoms with Gasteiger partial charge in [0.25, 0.3) is 5.56 Å². The number of hydrogen-bond acceptors (Lipinski definition) is 3. The van der Waals surface area contributed by atoms with E-state index < -0.39 is 0 Å². The maximum Gasteiger partial charge on any atom is 0.278 e. The predicted molar refractivity (Wildman–Crippen MR) is 83.8 cm³/mol. The summed E-state index contributed by atoms with van der Waals surface area (Å²) in [4.78, 5) is 12.4. The van der Waals surface area contributed by atoms with Gasteiger partial charge in [-0.3, -0.25) is 4.79 Å². The van der Waals surface area contributed by atoms with Crippen molar-refractivity contribution in [1.82, 2.24) is 9.78 Å². The fourth-order valence-electron chi connectivity index (χ4n) is 2.53. The zero-order chi connectivity index (χ0) is 15.1. The quantitative estimate of drug-likeness (QED) is 0.750. The Morgan fingerprint density at radius 2 is 1.86 bits per heavy atom. The monoisotopic (exact) mass is 300 g/mol. The van der Waals surface area contributed by atoms with Crippen LogP contribution in [0.3, 0.4) is 0 Å². The van der Waals surface area contributed by atoms with Crippen LogP contribution in [-0.2, 0) is 7.05 Å². The third-order valence-electron chi connectivity index (χ3n) is 3.57. The molecule has 1 aromatic heterocycles. The summed E-state index contributed by atoms with van der Waals surface area (Å²) in [6, 6.07) is 11.6. The zero-order valence-corrected chi connectivity index (χ0v) is 12.3. The van der Waals surface area contributed by atoms with Gasteiger partial charge in [-0.2, -0.15) is 5.10 Å². The molecule has 1 heterocycles. The molecule has 4 nitrogen and oxygen atoms in total. The van der Waals surface area contributed by atoms with E-state index >= 15 is 0 Å². The Labute approximate surface area is 126 Å². The summed E-state index contributed by atoms with van der Waals surface area (Å²) in [5.41, 5.74) is 1.39. The van der Waals surface area contributed by atoms with E-state index in [1.54, 1.807) is 0 Å². The van der Waals surface area contributed by atoms with E-state index in [0.717, 1.165) is 21.0 Å². The van der Waals surface area contributed by atoms with Crippen LogP contribution in [0.25, 0.3) is 21.9 Å². The van der Waals surface area contributed by atoms with E-state index in [0.29, 0.717) is 5.56 Å². The molecule has 0 spiro atoms. The van der Waals surface area contributed by atoms with E-state index in [-0.39, 0.29) is 22.0 Å². The van der Waals surface area contributed by atoms with Crippen LogP contribution in [0.4, 0.5) is 0 Å². The number of hydrogen-bond donors (Lipinski definition) is 1. The Bertz CT molecular complexity index is 916. The second kappa shape index (κ2) is 4.90. The van der Waals surface area contributed by atoms with Crippen molar-refractivity contribution in [2.24, 2.45) is 7.05 Å². The Kier molecular flexibility index (Phi) is 3.18. The standard InChI is InChI=1S/C16H13ClN2O2/c1-9-7-8-10-5-3-4-6-11(10)12(9)13-14(20)15(17)18-19(2)16(13)21/h3-8,20H,1-2H3. The molecule has 0 bridgehead atoms. The Balaban J connectivity index is 2.53. The summed E-state index contributed by atoms with van der Waals surface area (Å²) in [7, 11) is 1.51. The molecule has 0 aliphatic carbocycles. The van der Waals surface area contributed by atoms with Gasteiger partial charge in [-0.25, -0.2) is 4.68 Å². The van der Waals surface area contributed by atoms with Crippen molar-refractivity contribution in [1.29, 1.82) is 0 Å². The van der Waals surface area contributed by atoms with Crippen molar-refractivity contribution in [2.45, 2.75) is 6.92 Å². The molecular formula is C16H13ClN2O2. The minimum absolute atomic E-state index is 0.0839. The lowest BCUT2D eigenvalue weighted by Crippen LogP contribution is -2.21. The highest BCUT2D eigenvalue weighted by Gasteiger charge is 2.19. The zero-order valence-electron chi connectivity index (χ0n) is 11.6. The van der Waals surface area contributed by atoms with Gasteiger partial charge in [-0.1, -0.05) is 48.0 Å². The summed E-state index contributed by atoms with van der Waals surface area (Å²) >= 11 is 5.92. The van der Waals surface area contributed by atoms with Crippen molar-refractivity contribution in [2.75, 3.05) is 0 Å². The molecule has 3 aromatic rings. The van der Waals surface area contributed by atoms with Crippen LogP contribution in [-0.4, -0.2) is 14.9 Å². The summed E-state index contributed by atoms with van der Waals surface area (Å²) in [5.74, 6) is -0.279. The molecule has 0 saturated heterocycles. The fraction of sp³-hybridized carbons (Fsp3) is 0.125. The first kappa shape index (κ1) is 13.6. The largest absolute Gasteiger partial charge is 0.504 e. The Hall–Kier alpha value is -2.33. The van der Waals surface area contributed by atoms with Crippen molar-refractivity contribution in [3.63, 3.8) is 0 Å². The highest BCUT2D eigenvalue weighted by Crippen LogP contribution is 2.36. The van der Waals surface area contributed by atoms with Crippen molar-refractivity contribution in [3.8, 4) is 16.9 Å². The molecule has 0 radical (unpaired) electrons. The molecule has 0 fully saturated rings.